The van der Waals surface area contributed by atoms with Gasteiger partial charge >= 0.3 is 6.03 Å². The molecule has 3 aliphatic heterocycles. The maximum Gasteiger partial charge on any atom is 0.317 e. The summed E-state index contributed by atoms with van der Waals surface area (Å²) in [5.41, 5.74) is 0.780. The van der Waals surface area contributed by atoms with Gasteiger partial charge in [-0.05, 0) is 30.9 Å². The highest BCUT2D eigenvalue weighted by atomic mass is 16.6. The van der Waals surface area contributed by atoms with Gasteiger partial charge in [0, 0.05) is 37.8 Å². The molecule has 7 nitrogen and oxygen atoms in total. The van der Waals surface area contributed by atoms with E-state index in [1.54, 1.807) is 4.90 Å². The summed E-state index contributed by atoms with van der Waals surface area (Å²) in [6, 6.07) is 5.31. The Morgan fingerprint density at radius 3 is 2.65 bits per heavy atom. The minimum atomic E-state index is -0.164. The molecule has 3 heterocycles. The Hall–Kier alpha value is -2.44. The fourth-order valence-corrected chi connectivity index (χ4v) is 3.73. The molecule has 0 saturated carbocycles. The van der Waals surface area contributed by atoms with Crippen LogP contribution in [0.1, 0.15) is 26.2 Å². The molecule has 3 aliphatic rings. The number of anilines is 1. The lowest BCUT2D eigenvalue weighted by Crippen LogP contribution is -2.48. The summed E-state index contributed by atoms with van der Waals surface area (Å²) in [7, 11) is 0. The fraction of sp³-hybridized carbons (Fsp3) is 0.579. The number of carbonyl (C=O) groups is 2. The minimum Gasteiger partial charge on any atom is -0.486 e. The number of nitrogens with zero attached hydrogens (tertiary/aromatic N) is 2. The van der Waals surface area contributed by atoms with Crippen LogP contribution in [0.25, 0.3) is 0 Å². The first-order valence-electron chi connectivity index (χ1n) is 9.35. The smallest absolute Gasteiger partial charge is 0.317 e. The largest absolute Gasteiger partial charge is 0.486 e. The van der Waals surface area contributed by atoms with E-state index >= 15 is 0 Å². The van der Waals surface area contributed by atoms with E-state index in [4.69, 9.17) is 9.47 Å². The van der Waals surface area contributed by atoms with Gasteiger partial charge in [-0.2, -0.15) is 0 Å². The number of hydrogen-bond donors (Lipinski definition) is 1. The van der Waals surface area contributed by atoms with E-state index in [1.807, 2.05) is 23.1 Å². The molecule has 2 saturated heterocycles. The Labute approximate surface area is 153 Å². The number of urea groups is 1. The van der Waals surface area contributed by atoms with Gasteiger partial charge in [0.15, 0.2) is 11.5 Å². The summed E-state index contributed by atoms with van der Waals surface area (Å²) < 4.78 is 11.1. The molecule has 1 aromatic carbocycles. The zero-order valence-corrected chi connectivity index (χ0v) is 15.1. The van der Waals surface area contributed by atoms with Gasteiger partial charge in [-0.1, -0.05) is 6.92 Å². The molecule has 0 aliphatic carbocycles. The first kappa shape index (κ1) is 17.0. The lowest BCUT2D eigenvalue weighted by molar-refractivity contribution is -0.117. The molecule has 2 fully saturated rings. The van der Waals surface area contributed by atoms with Crippen molar-refractivity contribution >= 4 is 17.6 Å². The van der Waals surface area contributed by atoms with Gasteiger partial charge in [-0.15, -0.1) is 0 Å². The Morgan fingerprint density at radius 2 is 1.88 bits per heavy atom. The van der Waals surface area contributed by atoms with E-state index in [0.29, 0.717) is 43.6 Å². The molecule has 1 unspecified atom stereocenters. The quantitative estimate of drug-likeness (QED) is 0.877. The van der Waals surface area contributed by atoms with Gasteiger partial charge in [0.25, 0.3) is 0 Å². The maximum absolute atomic E-state index is 12.5. The van der Waals surface area contributed by atoms with E-state index in [2.05, 4.69) is 12.2 Å². The highest BCUT2D eigenvalue weighted by molar-refractivity contribution is 5.97. The van der Waals surface area contributed by atoms with Crippen molar-refractivity contribution in [2.45, 2.75) is 32.2 Å². The van der Waals surface area contributed by atoms with Gasteiger partial charge in [0.2, 0.25) is 5.91 Å². The maximum atomic E-state index is 12.5. The molecule has 1 N–H and O–H groups in total. The standard InChI is InChI=1S/C19H25N3O4/c1-13-4-6-21(7-5-13)19(24)20-14-10-18(23)22(12-14)15-2-3-16-17(11-15)26-9-8-25-16/h2-3,11,13-14H,4-10,12H2,1H3,(H,20,24). The van der Waals surface area contributed by atoms with Crippen LogP contribution in [0.2, 0.25) is 0 Å². The van der Waals surface area contributed by atoms with Gasteiger partial charge in [-0.3, -0.25) is 4.79 Å². The predicted octanol–water partition coefficient (Wildman–Crippen LogP) is 2.00. The number of hydrogen-bond acceptors (Lipinski definition) is 4. The molecule has 26 heavy (non-hydrogen) atoms. The van der Waals surface area contributed by atoms with Crippen LogP contribution in [0.15, 0.2) is 18.2 Å². The normalized spacial score (nSPS) is 23.3. The number of fused-ring (bicyclic) bond motifs is 1. The molecule has 7 heteroatoms. The third-order valence-electron chi connectivity index (χ3n) is 5.36. The highest BCUT2D eigenvalue weighted by Gasteiger charge is 2.33. The van der Waals surface area contributed by atoms with Crippen molar-refractivity contribution in [2.24, 2.45) is 5.92 Å². The Bertz CT molecular complexity index is 700. The number of piperidine rings is 1. The topological polar surface area (TPSA) is 71.1 Å². The van der Waals surface area contributed by atoms with Crippen molar-refractivity contribution < 1.29 is 19.1 Å². The summed E-state index contributed by atoms with van der Waals surface area (Å²) in [6.07, 6.45) is 2.41. The predicted molar refractivity (Wildman–Crippen MR) is 96.7 cm³/mol. The zero-order chi connectivity index (χ0) is 18.1. The van der Waals surface area contributed by atoms with Crippen LogP contribution in [0.4, 0.5) is 10.5 Å². The van der Waals surface area contributed by atoms with Crippen molar-refractivity contribution in [1.29, 1.82) is 0 Å². The molecule has 0 bridgehead atoms. The monoisotopic (exact) mass is 359 g/mol. The Morgan fingerprint density at radius 1 is 1.15 bits per heavy atom. The number of ether oxygens (including phenoxy) is 2. The second kappa shape index (κ2) is 7.05. The molecule has 0 aromatic heterocycles. The molecular weight excluding hydrogens is 334 g/mol. The van der Waals surface area contributed by atoms with Gasteiger partial charge in [0.1, 0.15) is 13.2 Å². The molecular formula is C19H25N3O4. The van der Waals surface area contributed by atoms with E-state index in [-0.39, 0.29) is 18.0 Å². The van der Waals surface area contributed by atoms with Crippen molar-refractivity contribution in [3.63, 3.8) is 0 Å². The summed E-state index contributed by atoms with van der Waals surface area (Å²) >= 11 is 0. The second-order valence-corrected chi connectivity index (χ2v) is 7.35. The Kier molecular flexibility index (Phi) is 4.61. The average molecular weight is 359 g/mol. The zero-order valence-electron chi connectivity index (χ0n) is 15.1. The van der Waals surface area contributed by atoms with E-state index in [1.165, 1.54) is 0 Å². The van der Waals surface area contributed by atoms with Crippen LogP contribution < -0.4 is 19.7 Å². The third kappa shape index (κ3) is 3.43. The second-order valence-electron chi connectivity index (χ2n) is 7.35. The number of benzene rings is 1. The van der Waals surface area contributed by atoms with E-state index < -0.39 is 0 Å². The number of rotatable bonds is 2. The lowest BCUT2D eigenvalue weighted by atomic mass is 10.00. The van der Waals surface area contributed by atoms with Crippen molar-refractivity contribution in [3.8, 4) is 11.5 Å². The number of amides is 3. The van der Waals surface area contributed by atoms with Gasteiger partial charge in [0.05, 0.1) is 6.04 Å². The van der Waals surface area contributed by atoms with E-state index in [0.717, 1.165) is 31.6 Å². The van der Waals surface area contributed by atoms with Crippen molar-refractivity contribution in [3.05, 3.63) is 18.2 Å². The molecule has 4 rings (SSSR count). The third-order valence-corrected chi connectivity index (χ3v) is 5.36. The van der Waals surface area contributed by atoms with Crippen LogP contribution in [-0.4, -0.2) is 55.7 Å². The number of nitrogens with one attached hydrogen (secondary N) is 1. The minimum absolute atomic E-state index is 0.0132. The molecule has 3 amide bonds. The lowest BCUT2D eigenvalue weighted by Gasteiger charge is -2.31. The van der Waals surface area contributed by atoms with Crippen LogP contribution in [0.3, 0.4) is 0 Å². The number of carbonyl (C=O) groups excluding carboxylic acids is 2. The molecule has 140 valence electrons. The van der Waals surface area contributed by atoms with Crippen molar-refractivity contribution in [1.82, 2.24) is 10.2 Å². The van der Waals surface area contributed by atoms with Crippen LogP contribution >= 0.6 is 0 Å². The first-order valence-corrected chi connectivity index (χ1v) is 9.35. The molecule has 1 aromatic rings. The Balaban J connectivity index is 1.38. The SMILES string of the molecule is CC1CCN(C(=O)NC2CC(=O)N(c3ccc4c(c3)OCCO4)C2)CC1. The summed E-state index contributed by atoms with van der Waals surface area (Å²) in [6.45, 7) is 5.33. The van der Waals surface area contributed by atoms with Crippen LogP contribution in [-0.2, 0) is 4.79 Å². The molecule has 0 radical (unpaired) electrons. The average Bonchev–Trinajstić information content (AvgIpc) is 3.02. The summed E-state index contributed by atoms with van der Waals surface area (Å²) in [5, 5.41) is 3.02. The first-order chi connectivity index (χ1) is 12.6. The molecule has 1 atom stereocenters. The summed E-state index contributed by atoms with van der Waals surface area (Å²) in [5.74, 6) is 2.06. The summed E-state index contributed by atoms with van der Waals surface area (Å²) in [4.78, 5) is 28.5. The fourth-order valence-electron chi connectivity index (χ4n) is 3.73. The van der Waals surface area contributed by atoms with Crippen molar-refractivity contribution in [2.75, 3.05) is 37.7 Å². The van der Waals surface area contributed by atoms with Gasteiger partial charge < -0.3 is 24.6 Å². The number of likely N-dealkylation sites (tertiary alicyclic amines) is 1. The molecule has 0 spiro atoms. The van der Waals surface area contributed by atoms with Crippen LogP contribution in [0, 0.1) is 5.92 Å². The highest BCUT2D eigenvalue weighted by Crippen LogP contribution is 2.35. The van der Waals surface area contributed by atoms with Gasteiger partial charge in [-0.25, -0.2) is 4.79 Å². The van der Waals surface area contributed by atoms with E-state index in [9.17, 15) is 9.59 Å². The van der Waals surface area contributed by atoms with Crippen LogP contribution in [0.5, 0.6) is 11.5 Å².